The van der Waals surface area contributed by atoms with Crippen molar-refractivity contribution in [3.8, 4) is 0 Å². The van der Waals surface area contributed by atoms with E-state index in [1.165, 1.54) is 0 Å². The fraction of sp³-hybridized carbons (Fsp3) is 0.385. The van der Waals surface area contributed by atoms with Gasteiger partial charge in [-0.15, -0.1) is 0 Å². The third-order valence-corrected chi connectivity index (χ3v) is 6.34. The van der Waals surface area contributed by atoms with Crippen LogP contribution >= 0.6 is 23.2 Å². The highest BCUT2D eigenvalue weighted by molar-refractivity contribution is 6.30. The second-order valence-corrected chi connectivity index (χ2v) is 9.10. The molecule has 0 spiro atoms. The minimum absolute atomic E-state index is 0.166. The van der Waals surface area contributed by atoms with E-state index in [2.05, 4.69) is 10.3 Å². The van der Waals surface area contributed by atoms with Crippen molar-refractivity contribution in [2.45, 2.75) is 45.1 Å². The van der Waals surface area contributed by atoms with Crippen molar-refractivity contribution < 1.29 is 28.7 Å². The highest BCUT2D eigenvalue weighted by Crippen LogP contribution is 2.37. The first-order chi connectivity index (χ1) is 17.2. The zero-order valence-electron chi connectivity index (χ0n) is 20.5. The highest BCUT2D eigenvalue weighted by atomic mass is 35.5. The van der Waals surface area contributed by atoms with Crippen molar-refractivity contribution in [1.29, 1.82) is 0 Å². The molecule has 2 atom stereocenters. The molecule has 2 aliphatic heterocycles. The Morgan fingerprint density at radius 3 is 1.83 bits per heavy atom. The second kappa shape index (κ2) is 11.8. The molecule has 8 nitrogen and oxygen atoms in total. The predicted octanol–water partition coefficient (Wildman–Crippen LogP) is 5.44. The van der Waals surface area contributed by atoms with Crippen LogP contribution in [0.15, 0.2) is 58.8 Å². The zero-order chi connectivity index (χ0) is 26.3. The van der Waals surface area contributed by atoms with Crippen molar-refractivity contribution in [3.05, 3.63) is 69.7 Å². The minimum atomic E-state index is -1.16. The molecule has 4 rings (SSSR count). The maximum Gasteiger partial charge on any atom is 0.358 e. The van der Waals surface area contributed by atoms with Gasteiger partial charge in [-0.3, -0.25) is 4.79 Å². The van der Waals surface area contributed by atoms with E-state index in [1.807, 2.05) is 6.92 Å². The molecule has 0 amide bonds. The van der Waals surface area contributed by atoms with Crippen LogP contribution in [0.1, 0.15) is 45.2 Å². The molecule has 36 heavy (non-hydrogen) atoms. The number of rotatable bonds is 6. The van der Waals surface area contributed by atoms with Crippen LogP contribution in [-0.4, -0.2) is 43.2 Å². The largest absolute Gasteiger partial charge is 0.465 e. The van der Waals surface area contributed by atoms with Crippen LogP contribution in [0, 0.1) is 0 Å². The third kappa shape index (κ3) is 5.50. The first kappa shape index (κ1) is 27.5. The summed E-state index contributed by atoms with van der Waals surface area (Å²) in [5.74, 6) is -0.765. The van der Waals surface area contributed by atoms with E-state index >= 15 is 0 Å². The Bertz CT molecular complexity index is 1150. The van der Waals surface area contributed by atoms with Gasteiger partial charge in [-0.1, -0.05) is 57.8 Å². The molecule has 2 aromatic carbocycles. The molecule has 0 radical (unpaired) electrons. The van der Waals surface area contributed by atoms with Gasteiger partial charge in [0.05, 0.1) is 24.6 Å². The summed E-state index contributed by atoms with van der Waals surface area (Å²) in [4.78, 5) is 34.8. The van der Waals surface area contributed by atoms with Gasteiger partial charge in [0.1, 0.15) is 6.61 Å². The predicted molar refractivity (Wildman–Crippen MR) is 137 cm³/mol. The molecule has 0 fully saturated rings. The smallest absolute Gasteiger partial charge is 0.358 e. The number of hydrogen-bond donors (Lipinski definition) is 0. The van der Waals surface area contributed by atoms with E-state index in [9.17, 15) is 9.59 Å². The summed E-state index contributed by atoms with van der Waals surface area (Å²) in [6.07, 6.45) is 0.396. The summed E-state index contributed by atoms with van der Waals surface area (Å²) >= 11 is 11.7. The molecule has 2 heterocycles. The van der Waals surface area contributed by atoms with Crippen LogP contribution in [0.5, 0.6) is 0 Å². The molecular weight excluding hydrogens is 507 g/mol. The Morgan fingerprint density at radius 1 is 0.861 bits per heavy atom. The molecule has 0 aromatic heterocycles. The Labute approximate surface area is 220 Å². The molecule has 0 bridgehead atoms. The van der Waals surface area contributed by atoms with E-state index in [-0.39, 0.29) is 12.6 Å². The lowest BCUT2D eigenvalue weighted by Gasteiger charge is -2.25. The average Bonchev–Trinajstić information content (AvgIpc) is 3.45. The summed E-state index contributed by atoms with van der Waals surface area (Å²) in [6.45, 7) is 7.90. The summed E-state index contributed by atoms with van der Waals surface area (Å²) in [7, 11) is 0. The van der Waals surface area contributed by atoms with Crippen molar-refractivity contribution in [1.82, 2.24) is 0 Å². The SMILES string of the molecule is CCOC(=O)[C@@]1(c2ccc(Cl)cc2)CC(C)=NO1.CCOC(=O)[C@]1(c2ccc(Cl)cc2)CON=C1C. The van der Waals surface area contributed by atoms with E-state index in [4.69, 9.17) is 42.4 Å². The van der Waals surface area contributed by atoms with Gasteiger partial charge in [-0.25, -0.2) is 4.79 Å². The van der Waals surface area contributed by atoms with Crippen molar-refractivity contribution in [3.63, 3.8) is 0 Å². The Balaban J connectivity index is 0.000000201. The number of benzene rings is 2. The fourth-order valence-corrected chi connectivity index (χ4v) is 4.20. The Morgan fingerprint density at radius 2 is 1.39 bits per heavy atom. The number of hydrogen-bond acceptors (Lipinski definition) is 8. The molecule has 2 aliphatic rings. The lowest BCUT2D eigenvalue weighted by atomic mass is 9.78. The van der Waals surface area contributed by atoms with E-state index in [0.29, 0.717) is 41.0 Å². The molecule has 192 valence electrons. The first-order valence-electron chi connectivity index (χ1n) is 11.4. The average molecular weight is 535 g/mol. The topological polar surface area (TPSA) is 95.8 Å². The summed E-state index contributed by atoms with van der Waals surface area (Å²) in [5, 5.41) is 8.97. The van der Waals surface area contributed by atoms with Crippen LogP contribution in [0.3, 0.4) is 0 Å². The lowest BCUT2D eigenvalue weighted by Crippen LogP contribution is -2.44. The summed E-state index contributed by atoms with van der Waals surface area (Å²) in [6, 6.07) is 14.0. The van der Waals surface area contributed by atoms with Crippen LogP contribution in [0.4, 0.5) is 0 Å². The van der Waals surface area contributed by atoms with Crippen molar-refractivity contribution in [2.75, 3.05) is 19.8 Å². The molecular formula is C26H28Cl2N2O6. The monoisotopic (exact) mass is 534 g/mol. The molecule has 0 unspecified atom stereocenters. The van der Waals surface area contributed by atoms with Gasteiger partial charge in [-0.2, -0.15) is 0 Å². The maximum atomic E-state index is 12.2. The molecule has 0 aliphatic carbocycles. The van der Waals surface area contributed by atoms with Crippen LogP contribution < -0.4 is 0 Å². The van der Waals surface area contributed by atoms with Gasteiger partial charge in [0.2, 0.25) is 0 Å². The van der Waals surface area contributed by atoms with Crippen molar-refractivity contribution >= 4 is 46.6 Å². The van der Waals surface area contributed by atoms with E-state index < -0.39 is 17.0 Å². The number of carbonyl (C=O) groups is 2. The quantitative estimate of drug-likeness (QED) is 0.457. The van der Waals surface area contributed by atoms with E-state index in [1.54, 1.807) is 69.3 Å². The molecule has 0 N–H and O–H groups in total. The number of oxime groups is 2. The second-order valence-electron chi connectivity index (χ2n) is 8.23. The van der Waals surface area contributed by atoms with Crippen molar-refractivity contribution in [2.24, 2.45) is 10.3 Å². The maximum absolute atomic E-state index is 12.2. The van der Waals surface area contributed by atoms with Gasteiger partial charge < -0.3 is 19.1 Å². The fourth-order valence-electron chi connectivity index (χ4n) is 3.94. The highest BCUT2D eigenvalue weighted by Gasteiger charge is 2.50. The Kier molecular flexibility index (Phi) is 8.98. The number of nitrogens with zero attached hydrogens (tertiary/aromatic N) is 2. The van der Waals surface area contributed by atoms with Crippen LogP contribution in [0.2, 0.25) is 10.0 Å². The van der Waals surface area contributed by atoms with Gasteiger partial charge in [-0.05, 0) is 57.5 Å². The Hall–Kier alpha value is -3.10. The third-order valence-electron chi connectivity index (χ3n) is 5.84. The summed E-state index contributed by atoms with van der Waals surface area (Å²) < 4.78 is 10.2. The van der Waals surface area contributed by atoms with E-state index in [0.717, 1.165) is 11.3 Å². The first-order valence-corrected chi connectivity index (χ1v) is 12.2. The van der Waals surface area contributed by atoms with Gasteiger partial charge in [0.25, 0.3) is 5.60 Å². The number of ether oxygens (including phenoxy) is 2. The van der Waals surface area contributed by atoms with Gasteiger partial charge in [0, 0.05) is 22.0 Å². The molecule has 10 heteroatoms. The normalized spacial score (nSPS) is 22.3. The lowest BCUT2D eigenvalue weighted by molar-refractivity contribution is -0.170. The number of esters is 2. The standard InChI is InChI=1S/2C13H14ClNO3/c1-3-17-12(16)13(8-18-15-9(13)2)10-4-6-11(14)7-5-10;1-3-17-12(16)13(8-9(2)15-18-13)10-4-6-11(14)7-5-10/h2*4-7H,3,8H2,1-2H3/t2*13-/m10/s1. The van der Waals surface area contributed by atoms with Gasteiger partial charge in [0.15, 0.2) is 5.41 Å². The van der Waals surface area contributed by atoms with Crippen LogP contribution in [0.25, 0.3) is 0 Å². The molecule has 2 aromatic rings. The summed E-state index contributed by atoms with van der Waals surface area (Å²) in [5.41, 5.74) is 0.738. The number of carbonyl (C=O) groups excluding carboxylic acids is 2. The number of halogens is 2. The molecule has 0 saturated carbocycles. The van der Waals surface area contributed by atoms with Gasteiger partial charge >= 0.3 is 11.9 Å². The zero-order valence-corrected chi connectivity index (χ0v) is 22.1. The minimum Gasteiger partial charge on any atom is -0.465 e. The van der Waals surface area contributed by atoms with Crippen LogP contribution in [-0.2, 0) is 39.8 Å². The molecule has 0 saturated heterocycles.